The average molecular weight is 389 g/mol. The molecule has 1 unspecified atom stereocenters. The Labute approximate surface area is 174 Å². The summed E-state index contributed by atoms with van der Waals surface area (Å²) in [6, 6.07) is 7.01. The zero-order chi connectivity index (χ0) is 20.6. The summed E-state index contributed by atoms with van der Waals surface area (Å²) in [5.41, 5.74) is 4.43. The van der Waals surface area contributed by atoms with Crippen LogP contribution in [0.3, 0.4) is 0 Å². The maximum atomic E-state index is 10.5. The molecule has 1 rings (SSSR count). The lowest BCUT2D eigenvalue weighted by molar-refractivity contribution is -0.137. The van der Waals surface area contributed by atoms with Gasteiger partial charge >= 0.3 is 5.97 Å². The van der Waals surface area contributed by atoms with Crippen molar-refractivity contribution in [3.63, 3.8) is 0 Å². The maximum Gasteiger partial charge on any atom is 0.303 e. The van der Waals surface area contributed by atoms with E-state index >= 15 is 0 Å². The van der Waals surface area contributed by atoms with Crippen LogP contribution in [0.25, 0.3) is 0 Å². The molecule has 1 aromatic rings. The number of aryl methyl sites for hydroxylation is 2. The zero-order valence-corrected chi connectivity index (χ0v) is 18.8. The minimum Gasteiger partial charge on any atom is -0.481 e. The molecule has 1 N–H and O–H groups in total. The highest BCUT2D eigenvalue weighted by Gasteiger charge is 2.13. The summed E-state index contributed by atoms with van der Waals surface area (Å²) in [6.07, 6.45) is 18.1. The van der Waals surface area contributed by atoms with Gasteiger partial charge in [0, 0.05) is 6.42 Å². The fraction of sp³-hybridized carbons (Fsp3) is 0.731. The summed E-state index contributed by atoms with van der Waals surface area (Å²) in [5, 5.41) is 8.64. The lowest BCUT2D eigenvalue weighted by Gasteiger charge is -2.20. The van der Waals surface area contributed by atoms with Gasteiger partial charge in [-0.25, -0.2) is 0 Å². The Bertz CT molecular complexity index is 535. The standard InChI is InChI=1S/C26H44O2/c1-4-5-13-16-24(25-20-19-22(2)21-23(25)3)17-14-11-9-7-6-8-10-12-15-18-26(27)28/h19-21,24H,4-18H2,1-3H3,(H,27,28). The van der Waals surface area contributed by atoms with Crippen LogP contribution in [0.5, 0.6) is 0 Å². The molecular weight excluding hydrogens is 344 g/mol. The number of hydrogen-bond acceptors (Lipinski definition) is 1. The first kappa shape index (κ1) is 24.7. The molecule has 0 aliphatic heterocycles. The Morgan fingerprint density at radius 3 is 1.89 bits per heavy atom. The van der Waals surface area contributed by atoms with Crippen LogP contribution in [-0.4, -0.2) is 11.1 Å². The number of hydrogen-bond donors (Lipinski definition) is 1. The third-order valence-electron chi connectivity index (χ3n) is 5.96. The number of benzene rings is 1. The molecule has 0 radical (unpaired) electrons. The first-order valence-electron chi connectivity index (χ1n) is 11.8. The highest BCUT2D eigenvalue weighted by molar-refractivity contribution is 5.66. The van der Waals surface area contributed by atoms with Crippen molar-refractivity contribution in [3.8, 4) is 0 Å². The van der Waals surface area contributed by atoms with Gasteiger partial charge in [0.1, 0.15) is 0 Å². The third kappa shape index (κ3) is 11.5. The van der Waals surface area contributed by atoms with Gasteiger partial charge in [0.05, 0.1) is 0 Å². The van der Waals surface area contributed by atoms with Crippen molar-refractivity contribution in [2.24, 2.45) is 0 Å². The van der Waals surface area contributed by atoms with Crippen molar-refractivity contribution < 1.29 is 9.90 Å². The first-order chi connectivity index (χ1) is 13.5. The van der Waals surface area contributed by atoms with Gasteiger partial charge in [0.15, 0.2) is 0 Å². The van der Waals surface area contributed by atoms with E-state index < -0.39 is 5.97 Å². The van der Waals surface area contributed by atoms with Crippen LogP contribution in [0.1, 0.15) is 126 Å². The summed E-state index contributed by atoms with van der Waals surface area (Å²) >= 11 is 0. The molecule has 0 heterocycles. The Kier molecular flexibility index (Phi) is 13.8. The van der Waals surface area contributed by atoms with Crippen LogP contribution in [0.4, 0.5) is 0 Å². The summed E-state index contributed by atoms with van der Waals surface area (Å²) in [7, 11) is 0. The molecule has 0 aliphatic rings. The molecule has 160 valence electrons. The van der Waals surface area contributed by atoms with Crippen molar-refractivity contribution in [2.45, 2.75) is 123 Å². The van der Waals surface area contributed by atoms with Gasteiger partial charge in [0.25, 0.3) is 0 Å². The number of aliphatic carboxylic acids is 1. The summed E-state index contributed by atoms with van der Waals surface area (Å²) in [5.74, 6) is 0.0789. The van der Waals surface area contributed by atoms with Crippen LogP contribution in [0, 0.1) is 13.8 Å². The Hall–Kier alpha value is -1.31. The number of carbonyl (C=O) groups is 1. The van der Waals surface area contributed by atoms with Gasteiger partial charge in [-0.3, -0.25) is 4.79 Å². The van der Waals surface area contributed by atoms with Crippen molar-refractivity contribution in [2.75, 3.05) is 0 Å². The molecular formula is C26H44O2. The molecule has 0 saturated heterocycles. The topological polar surface area (TPSA) is 37.3 Å². The maximum absolute atomic E-state index is 10.5. The van der Waals surface area contributed by atoms with E-state index in [-0.39, 0.29) is 0 Å². The van der Waals surface area contributed by atoms with Crippen molar-refractivity contribution in [3.05, 3.63) is 34.9 Å². The fourth-order valence-corrected chi connectivity index (χ4v) is 4.28. The highest BCUT2D eigenvalue weighted by atomic mass is 16.4. The molecule has 1 aromatic carbocycles. The monoisotopic (exact) mass is 388 g/mol. The van der Waals surface area contributed by atoms with E-state index in [2.05, 4.69) is 39.0 Å². The summed E-state index contributed by atoms with van der Waals surface area (Å²) in [6.45, 7) is 6.76. The predicted molar refractivity (Wildman–Crippen MR) is 121 cm³/mol. The molecule has 2 heteroatoms. The van der Waals surface area contributed by atoms with E-state index in [0.717, 1.165) is 18.8 Å². The largest absolute Gasteiger partial charge is 0.481 e. The number of unbranched alkanes of at least 4 members (excludes halogenated alkanes) is 10. The first-order valence-corrected chi connectivity index (χ1v) is 11.8. The van der Waals surface area contributed by atoms with Crippen molar-refractivity contribution >= 4 is 5.97 Å². The second-order valence-electron chi connectivity index (χ2n) is 8.67. The van der Waals surface area contributed by atoms with Crippen molar-refractivity contribution in [1.29, 1.82) is 0 Å². The molecule has 0 spiro atoms. The average Bonchev–Trinajstić information content (AvgIpc) is 2.65. The van der Waals surface area contributed by atoms with Gasteiger partial charge < -0.3 is 5.11 Å². The summed E-state index contributed by atoms with van der Waals surface area (Å²) in [4.78, 5) is 10.5. The van der Waals surface area contributed by atoms with Gasteiger partial charge in [-0.1, -0.05) is 101 Å². The molecule has 28 heavy (non-hydrogen) atoms. The van der Waals surface area contributed by atoms with Crippen LogP contribution in [0.2, 0.25) is 0 Å². The van der Waals surface area contributed by atoms with E-state index in [1.54, 1.807) is 5.56 Å². The Balaban J connectivity index is 2.21. The summed E-state index contributed by atoms with van der Waals surface area (Å²) < 4.78 is 0. The number of carboxylic acids is 1. The van der Waals surface area contributed by atoms with Crippen LogP contribution >= 0.6 is 0 Å². The molecule has 0 aromatic heterocycles. The predicted octanol–water partition coefficient (Wildman–Crippen LogP) is 8.34. The SMILES string of the molecule is CCCCCC(CCCCCCCCCCCC(=O)O)c1ccc(C)cc1C. The Morgan fingerprint density at radius 1 is 0.821 bits per heavy atom. The smallest absolute Gasteiger partial charge is 0.303 e. The quantitative estimate of drug-likeness (QED) is 0.272. The van der Waals surface area contributed by atoms with Gasteiger partial charge in [-0.2, -0.15) is 0 Å². The second kappa shape index (κ2) is 15.6. The van der Waals surface area contributed by atoms with E-state index in [1.165, 1.54) is 88.2 Å². The second-order valence-corrected chi connectivity index (χ2v) is 8.67. The fourth-order valence-electron chi connectivity index (χ4n) is 4.28. The van der Waals surface area contributed by atoms with Crippen LogP contribution in [0.15, 0.2) is 18.2 Å². The van der Waals surface area contributed by atoms with Crippen molar-refractivity contribution in [1.82, 2.24) is 0 Å². The molecule has 0 aliphatic carbocycles. The molecule has 0 fully saturated rings. The highest BCUT2D eigenvalue weighted by Crippen LogP contribution is 2.31. The van der Waals surface area contributed by atoms with Crippen LogP contribution < -0.4 is 0 Å². The molecule has 0 amide bonds. The van der Waals surface area contributed by atoms with Crippen LogP contribution in [-0.2, 0) is 4.79 Å². The normalized spacial score (nSPS) is 12.2. The van der Waals surface area contributed by atoms with Gasteiger partial charge in [-0.15, -0.1) is 0 Å². The van der Waals surface area contributed by atoms with Gasteiger partial charge in [-0.05, 0) is 50.2 Å². The van der Waals surface area contributed by atoms with E-state index in [1.807, 2.05) is 0 Å². The van der Waals surface area contributed by atoms with Gasteiger partial charge in [0.2, 0.25) is 0 Å². The minimum absolute atomic E-state index is 0.333. The number of carboxylic acid groups (broad SMARTS) is 1. The van der Waals surface area contributed by atoms with E-state index in [4.69, 9.17) is 5.11 Å². The molecule has 0 bridgehead atoms. The molecule has 2 nitrogen and oxygen atoms in total. The third-order valence-corrected chi connectivity index (χ3v) is 5.96. The Morgan fingerprint density at radius 2 is 1.36 bits per heavy atom. The zero-order valence-electron chi connectivity index (χ0n) is 18.8. The lowest BCUT2D eigenvalue weighted by atomic mass is 9.85. The van der Waals surface area contributed by atoms with E-state index in [0.29, 0.717) is 6.42 Å². The molecule has 1 atom stereocenters. The minimum atomic E-state index is -0.658. The van der Waals surface area contributed by atoms with E-state index in [9.17, 15) is 4.79 Å². The lowest BCUT2D eigenvalue weighted by Crippen LogP contribution is -2.02. The molecule has 0 saturated carbocycles. The number of rotatable bonds is 17.